The van der Waals surface area contributed by atoms with Gasteiger partial charge in [-0.15, -0.1) is 0 Å². The molecule has 0 fully saturated rings. The number of aliphatic hydroxyl groups is 1. The van der Waals surface area contributed by atoms with E-state index < -0.39 is 0 Å². The van der Waals surface area contributed by atoms with Crippen molar-refractivity contribution in [2.75, 3.05) is 30.8 Å². The van der Waals surface area contributed by atoms with E-state index in [9.17, 15) is 0 Å². The lowest BCUT2D eigenvalue weighted by atomic mass is 10.3. The summed E-state index contributed by atoms with van der Waals surface area (Å²) in [5.74, 6) is 2.38. The fourth-order valence-electron chi connectivity index (χ4n) is 1.24. The Bertz CT molecular complexity index is 303. The van der Waals surface area contributed by atoms with Gasteiger partial charge in [-0.3, -0.25) is 0 Å². The predicted molar refractivity (Wildman–Crippen MR) is 61.1 cm³/mol. The number of nitrogens with zero attached hydrogens (tertiary/aromatic N) is 2. The molecule has 0 aliphatic carbocycles. The Hall–Kier alpha value is -1.36. The van der Waals surface area contributed by atoms with Gasteiger partial charge in [-0.25, -0.2) is 9.97 Å². The van der Waals surface area contributed by atoms with Gasteiger partial charge in [0, 0.05) is 26.3 Å². The number of aromatic nitrogens is 2. The van der Waals surface area contributed by atoms with Crippen LogP contribution >= 0.6 is 0 Å². The van der Waals surface area contributed by atoms with E-state index in [1.165, 1.54) is 0 Å². The molecule has 0 aliphatic rings. The molecule has 0 aliphatic heterocycles. The summed E-state index contributed by atoms with van der Waals surface area (Å²) in [6.07, 6.45) is 1.75. The monoisotopic (exact) mass is 210 g/mol. The van der Waals surface area contributed by atoms with Crippen molar-refractivity contribution in [3.05, 3.63) is 11.9 Å². The van der Waals surface area contributed by atoms with E-state index in [-0.39, 0.29) is 6.61 Å². The molecule has 0 amide bonds. The Morgan fingerprint density at radius 1 is 1.27 bits per heavy atom. The Labute approximate surface area is 90.0 Å². The first kappa shape index (κ1) is 11.7. The van der Waals surface area contributed by atoms with Gasteiger partial charge in [-0.1, -0.05) is 0 Å². The molecule has 0 spiro atoms. The fourth-order valence-corrected chi connectivity index (χ4v) is 1.24. The van der Waals surface area contributed by atoms with E-state index in [4.69, 9.17) is 5.11 Å². The van der Waals surface area contributed by atoms with Crippen molar-refractivity contribution in [3.8, 4) is 0 Å². The third kappa shape index (κ3) is 4.12. The van der Waals surface area contributed by atoms with Crippen LogP contribution in [0.15, 0.2) is 6.07 Å². The van der Waals surface area contributed by atoms with Crippen LogP contribution in [0.5, 0.6) is 0 Å². The highest BCUT2D eigenvalue weighted by Gasteiger charge is 1.99. The molecule has 15 heavy (non-hydrogen) atoms. The Morgan fingerprint density at radius 2 is 2.00 bits per heavy atom. The highest BCUT2D eigenvalue weighted by atomic mass is 16.2. The molecule has 0 atom stereocenters. The molecule has 5 nitrogen and oxygen atoms in total. The summed E-state index contributed by atoms with van der Waals surface area (Å²) < 4.78 is 0. The third-order valence-electron chi connectivity index (χ3n) is 1.99. The topological polar surface area (TPSA) is 70.1 Å². The SMILES string of the molecule is CNc1cc(NCCCCO)nc(C)n1. The second-order valence-electron chi connectivity index (χ2n) is 3.29. The van der Waals surface area contributed by atoms with Gasteiger partial charge in [-0.2, -0.15) is 0 Å². The lowest BCUT2D eigenvalue weighted by molar-refractivity contribution is 0.286. The minimum Gasteiger partial charge on any atom is -0.396 e. The van der Waals surface area contributed by atoms with Gasteiger partial charge in [0.2, 0.25) is 0 Å². The van der Waals surface area contributed by atoms with E-state index in [2.05, 4.69) is 20.6 Å². The molecular formula is C10H18N4O. The number of aliphatic hydroxyl groups excluding tert-OH is 1. The van der Waals surface area contributed by atoms with Gasteiger partial charge in [0.1, 0.15) is 17.5 Å². The molecule has 0 saturated heterocycles. The quantitative estimate of drug-likeness (QED) is 0.611. The maximum Gasteiger partial charge on any atom is 0.131 e. The van der Waals surface area contributed by atoms with Crippen molar-refractivity contribution < 1.29 is 5.11 Å². The van der Waals surface area contributed by atoms with Gasteiger partial charge < -0.3 is 15.7 Å². The Balaban J connectivity index is 2.49. The average Bonchev–Trinajstić information content (AvgIpc) is 2.23. The normalized spacial score (nSPS) is 10.1. The van der Waals surface area contributed by atoms with Gasteiger partial charge in [0.25, 0.3) is 0 Å². The van der Waals surface area contributed by atoms with Crippen LogP contribution in [0.2, 0.25) is 0 Å². The van der Waals surface area contributed by atoms with Crippen LogP contribution in [0.3, 0.4) is 0 Å². The predicted octanol–water partition coefficient (Wildman–Crippen LogP) is 1.01. The number of anilines is 2. The first-order valence-corrected chi connectivity index (χ1v) is 5.14. The lowest BCUT2D eigenvalue weighted by Gasteiger charge is -2.07. The molecule has 0 unspecified atom stereocenters. The van der Waals surface area contributed by atoms with Gasteiger partial charge in [0.15, 0.2) is 0 Å². The zero-order chi connectivity index (χ0) is 11.1. The first-order valence-electron chi connectivity index (χ1n) is 5.14. The van der Waals surface area contributed by atoms with E-state index in [1.807, 2.05) is 20.0 Å². The van der Waals surface area contributed by atoms with Crippen LogP contribution in [0.25, 0.3) is 0 Å². The minimum absolute atomic E-state index is 0.242. The fraction of sp³-hybridized carbons (Fsp3) is 0.600. The van der Waals surface area contributed by atoms with Crippen LogP contribution in [-0.2, 0) is 0 Å². The smallest absolute Gasteiger partial charge is 0.131 e. The zero-order valence-electron chi connectivity index (χ0n) is 9.25. The molecule has 0 saturated carbocycles. The van der Waals surface area contributed by atoms with Crippen LogP contribution in [0.1, 0.15) is 18.7 Å². The van der Waals surface area contributed by atoms with Gasteiger partial charge in [-0.05, 0) is 19.8 Å². The Morgan fingerprint density at radius 3 is 2.67 bits per heavy atom. The van der Waals surface area contributed by atoms with E-state index in [1.54, 1.807) is 0 Å². The summed E-state index contributed by atoms with van der Waals surface area (Å²) in [6, 6.07) is 1.87. The second kappa shape index (κ2) is 6.19. The first-order chi connectivity index (χ1) is 7.26. The third-order valence-corrected chi connectivity index (χ3v) is 1.99. The van der Waals surface area contributed by atoms with Crippen molar-refractivity contribution in [3.63, 3.8) is 0 Å². The molecule has 1 aromatic rings. The second-order valence-corrected chi connectivity index (χ2v) is 3.29. The maximum absolute atomic E-state index is 8.63. The molecular weight excluding hydrogens is 192 g/mol. The van der Waals surface area contributed by atoms with Crippen molar-refractivity contribution in [2.45, 2.75) is 19.8 Å². The molecule has 0 bridgehead atoms. The number of aryl methyl sites for hydroxylation is 1. The number of hydrogen-bond acceptors (Lipinski definition) is 5. The Kier molecular flexibility index (Phi) is 4.83. The van der Waals surface area contributed by atoms with E-state index in [0.29, 0.717) is 0 Å². The van der Waals surface area contributed by atoms with Crippen LogP contribution < -0.4 is 10.6 Å². The number of hydrogen-bond donors (Lipinski definition) is 3. The molecule has 1 aromatic heterocycles. The standard InChI is InChI=1S/C10H18N4O/c1-8-13-9(11-2)7-10(14-8)12-5-3-4-6-15/h7,15H,3-6H2,1-2H3,(H2,11,12,13,14). The largest absolute Gasteiger partial charge is 0.396 e. The van der Waals surface area contributed by atoms with E-state index in [0.717, 1.165) is 36.8 Å². The summed E-state index contributed by atoms with van der Waals surface area (Å²) in [5, 5.41) is 14.8. The molecule has 84 valence electrons. The lowest BCUT2D eigenvalue weighted by Crippen LogP contribution is -2.06. The van der Waals surface area contributed by atoms with Crippen LogP contribution in [0.4, 0.5) is 11.6 Å². The average molecular weight is 210 g/mol. The number of rotatable bonds is 6. The maximum atomic E-state index is 8.63. The van der Waals surface area contributed by atoms with Crippen molar-refractivity contribution >= 4 is 11.6 Å². The van der Waals surface area contributed by atoms with Crippen molar-refractivity contribution in [2.24, 2.45) is 0 Å². The molecule has 1 rings (SSSR count). The van der Waals surface area contributed by atoms with Crippen molar-refractivity contribution in [1.82, 2.24) is 9.97 Å². The highest BCUT2D eigenvalue weighted by Crippen LogP contribution is 2.10. The minimum atomic E-state index is 0.242. The van der Waals surface area contributed by atoms with Crippen LogP contribution in [0, 0.1) is 6.92 Å². The molecule has 0 aromatic carbocycles. The highest BCUT2D eigenvalue weighted by molar-refractivity contribution is 5.46. The molecule has 3 N–H and O–H groups in total. The number of unbranched alkanes of at least 4 members (excludes halogenated alkanes) is 1. The summed E-state index contributed by atoms with van der Waals surface area (Å²) >= 11 is 0. The van der Waals surface area contributed by atoms with Crippen LogP contribution in [-0.4, -0.2) is 35.3 Å². The summed E-state index contributed by atoms with van der Waals surface area (Å²) in [5.41, 5.74) is 0. The van der Waals surface area contributed by atoms with Crippen molar-refractivity contribution in [1.29, 1.82) is 0 Å². The van der Waals surface area contributed by atoms with Gasteiger partial charge in [0.05, 0.1) is 0 Å². The summed E-state index contributed by atoms with van der Waals surface area (Å²) in [7, 11) is 1.83. The van der Waals surface area contributed by atoms with Gasteiger partial charge >= 0.3 is 0 Å². The molecule has 5 heteroatoms. The zero-order valence-corrected chi connectivity index (χ0v) is 9.25. The summed E-state index contributed by atoms with van der Waals surface area (Å²) in [6.45, 7) is 2.92. The molecule has 1 heterocycles. The molecule has 0 radical (unpaired) electrons. The van der Waals surface area contributed by atoms with E-state index >= 15 is 0 Å². The number of nitrogens with one attached hydrogen (secondary N) is 2. The summed E-state index contributed by atoms with van der Waals surface area (Å²) in [4.78, 5) is 8.45.